The summed E-state index contributed by atoms with van der Waals surface area (Å²) in [7, 11) is 2.16. The van der Waals surface area contributed by atoms with E-state index in [1.165, 1.54) is 0 Å². The fraction of sp³-hybridized carbons (Fsp3) is 0.308. The Kier molecular flexibility index (Phi) is 5.63. The van der Waals surface area contributed by atoms with Crippen molar-refractivity contribution in [2.45, 2.75) is 19.4 Å². The van der Waals surface area contributed by atoms with Gasteiger partial charge in [0.1, 0.15) is 0 Å². The third kappa shape index (κ3) is 4.24. The number of rotatable bonds is 5. The number of aromatic nitrogens is 3. The summed E-state index contributed by atoms with van der Waals surface area (Å²) in [4.78, 5) is 18.3. The zero-order valence-electron chi connectivity index (χ0n) is 19.6. The Labute approximate surface area is 203 Å². The molecule has 0 atom stereocenters. The van der Waals surface area contributed by atoms with Gasteiger partial charge >= 0.3 is 0 Å². The van der Waals surface area contributed by atoms with Gasteiger partial charge in [-0.05, 0) is 43.7 Å². The van der Waals surface area contributed by atoms with E-state index in [1.54, 1.807) is 12.4 Å². The second kappa shape index (κ2) is 9.09. The van der Waals surface area contributed by atoms with Crippen LogP contribution < -0.4 is 5.32 Å². The maximum atomic E-state index is 9.23. The molecule has 9 nitrogen and oxygen atoms in total. The molecule has 1 aliphatic heterocycles. The van der Waals surface area contributed by atoms with Crippen LogP contribution >= 0.6 is 0 Å². The standard InChI is InChI=1S/C26H27N7O2/c1-32-8-10-33(11-9-32)16-17-13-28-26(29-14-17)25-24(21-6-7-27-15-23(21)35-25)30-19-3-4-20-18(12-19)2-5-22(20)31-34/h3-4,6-7,12-15,30,34H,2,5,8-11,16H2,1H3/b31-22+. The van der Waals surface area contributed by atoms with Gasteiger partial charge in [-0.25, -0.2) is 9.97 Å². The Morgan fingerprint density at radius 3 is 2.69 bits per heavy atom. The highest BCUT2D eigenvalue weighted by atomic mass is 16.4. The topological polar surface area (TPSA) is 103 Å². The molecular weight excluding hydrogens is 442 g/mol. The van der Waals surface area contributed by atoms with E-state index in [-0.39, 0.29) is 0 Å². The number of anilines is 2. The van der Waals surface area contributed by atoms with Crippen molar-refractivity contribution >= 4 is 28.1 Å². The van der Waals surface area contributed by atoms with Crippen LogP contribution in [0.5, 0.6) is 0 Å². The Balaban J connectivity index is 1.29. The molecule has 0 unspecified atom stereocenters. The lowest BCUT2D eigenvalue weighted by Gasteiger charge is -2.32. The summed E-state index contributed by atoms with van der Waals surface area (Å²) >= 11 is 0. The number of furan rings is 1. The minimum Gasteiger partial charge on any atom is -0.449 e. The number of hydrogen-bond donors (Lipinski definition) is 2. The molecule has 6 rings (SSSR count). The number of oxime groups is 1. The maximum Gasteiger partial charge on any atom is 0.197 e. The molecule has 1 fully saturated rings. The van der Waals surface area contributed by atoms with E-state index >= 15 is 0 Å². The van der Waals surface area contributed by atoms with E-state index in [1.807, 2.05) is 30.6 Å². The quantitative estimate of drug-likeness (QED) is 0.335. The first kappa shape index (κ1) is 21.7. The maximum absolute atomic E-state index is 9.23. The predicted octanol–water partition coefficient (Wildman–Crippen LogP) is 3.90. The summed E-state index contributed by atoms with van der Waals surface area (Å²) in [6.07, 6.45) is 8.83. The molecule has 0 saturated carbocycles. The molecule has 0 bridgehead atoms. The van der Waals surface area contributed by atoms with Gasteiger partial charge in [0, 0.05) is 73.5 Å². The Morgan fingerprint density at radius 1 is 1.06 bits per heavy atom. The molecule has 4 heterocycles. The van der Waals surface area contributed by atoms with E-state index in [0.29, 0.717) is 17.2 Å². The lowest BCUT2D eigenvalue weighted by molar-refractivity contribution is 0.148. The Bertz CT molecular complexity index is 1390. The largest absolute Gasteiger partial charge is 0.449 e. The molecule has 178 valence electrons. The molecule has 1 saturated heterocycles. The minimum atomic E-state index is 0.529. The second-order valence-electron chi connectivity index (χ2n) is 9.22. The van der Waals surface area contributed by atoms with Gasteiger partial charge < -0.3 is 19.8 Å². The van der Waals surface area contributed by atoms with E-state index in [0.717, 1.165) is 84.7 Å². The van der Waals surface area contributed by atoms with Crippen molar-refractivity contribution in [3.8, 4) is 11.6 Å². The molecule has 3 aromatic heterocycles. The molecule has 4 aromatic rings. The number of pyridine rings is 1. The monoisotopic (exact) mass is 469 g/mol. The number of nitrogens with one attached hydrogen (secondary N) is 1. The van der Waals surface area contributed by atoms with Crippen LogP contribution in [-0.4, -0.2) is 68.9 Å². The second-order valence-corrected chi connectivity index (χ2v) is 9.22. The first-order valence-electron chi connectivity index (χ1n) is 11.9. The molecule has 0 spiro atoms. The van der Waals surface area contributed by atoms with Crippen molar-refractivity contribution in [3.63, 3.8) is 0 Å². The van der Waals surface area contributed by atoms with Crippen LogP contribution in [-0.2, 0) is 13.0 Å². The summed E-state index contributed by atoms with van der Waals surface area (Å²) in [6.45, 7) is 5.11. The van der Waals surface area contributed by atoms with Crippen molar-refractivity contribution in [1.82, 2.24) is 24.8 Å². The summed E-state index contributed by atoms with van der Waals surface area (Å²) < 4.78 is 6.17. The molecule has 9 heteroatoms. The van der Waals surface area contributed by atoms with Gasteiger partial charge in [-0.3, -0.25) is 9.88 Å². The van der Waals surface area contributed by atoms with Crippen LogP contribution in [0.3, 0.4) is 0 Å². The summed E-state index contributed by atoms with van der Waals surface area (Å²) in [5.74, 6) is 1.11. The van der Waals surface area contributed by atoms with Crippen molar-refractivity contribution < 1.29 is 9.62 Å². The van der Waals surface area contributed by atoms with Crippen molar-refractivity contribution in [1.29, 1.82) is 0 Å². The Hall–Kier alpha value is -3.82. The van der Waals surface area contributed by atoms with E-state index in [9.17, 15) is 5.21 Å². The van der Waals surface area contributed by atoms with Gasteiger partial charge in [-0.15, -0.1) is 0 Å². The number of nitrogens with zero attached hydrogens (tertiary/aromatic N) is 6. The fourth-order valence-electron chi connectivity index (χ4n) is 4.85. The molecule has 0 amide bonds. The average molecular weight is 470 g/mol. The fourth-order valence-corrected chi connectivity index (χ4v) is 4.85. The zero-order valence-corrected chi connectivity index (χ0v) is 19.6. The first-order valence-corrected chi connectivity index (χ1v) is 11.9. The van der Waals surface area contributed by atoms with Gasteiger partial charge in [-0.2, -0.15) is 0 Å². The molecule has 1 aliphatic carbocycles. The molecule has 2 aliphatic rings. The molecule has 35 heavy (non-hydrogen) atoms. The lowest BCUT2D eigenvalue weighted by Crippen LogP contribution is -2.43. The van der Waals surface area contributed by atoms with Crippen LogP contribution in [0.2, 0.25) is 0 Å². The van der Waals surface area contributed by atoms with E-state index in [4.69, 9.17) is 4.42 Å². The molecule has 0 radical (unpaired) electrons. The van der Waals surface area contributed by atoms with Crippen LogP contribution in [0.15, 0.2) is 58.6 Å². The normalized spacial score (nSPS) is 17.8. The van der Waals surface area contributed by atoms with Crippen LogP contribution in [0.4, 0.5) is 11.4 Å². The van der Waals surface area contributed by atoms with Crippen LogP contribution in [0.1, 0.15) is 23.1 Å². The van der Waals surface area contributed by atoms with Crippen LogP contribution in [0.25, 0.3) is 22.6 Å². The number of hydrogen-bond acceptors (Lipinski definition) is 9. The minimum absolute atomic E-state index is 0.529. The third-order valence-corrected chi connectivity index (χ3v) is 6.84. The van der Waals surface area contributed by atoms with Gasteiger partial charge in [0.2, 0.25) is 0 Å². The van der Waals surface area contributed by atoms with Gasteiger partial charge in [-0.1, -0.05) is 11.2 Å². The van der Waals surface area contributed by atoms with Crippen LogP contribution in [0, 0.1) is 0 Å². The highest BCUT2D eigenvalue weighted by molar-refractivity contribution is 6.05. The van der Waals surface area contributed by atoms with E-state index < -0.39 is 0 Å². The highest BCUT2D eigenvalue weighted by Crippen LogP contribution is 2.38. The Morgan fingerprint density at radius 2 is 1.89 bits per heavy atom. The first-order chi connectivity index (χ1) is 17.2. The number of fused-ring (bicyclic) bond motifs is 2. The predicted molar refractivity (Wildman–Crippen MR) is 134 cm³/mol. The number of likely N-dealkylation sites (N-methyl/N-ethyl adjacent to an activating group) is 1. The van der Waals surface area contributed by atoms with Gasteiger partial charge in [0.05, 0.1) is 17.6 Å². The average Bonchev–Trinajstić information content (AvgIpc) is 3.47. The van der Waals surface area contributed by atoms with Crippen molar-refractivity contribution in [2.75, 3.05) is 38.5 Å². The summed E-state index contributed by atoms with van der Waals surface area (Å²) in [5, 5.41) is 17.1. The SMILES string of the molecule is CN1CCN(Cc2cnc(-c3oc4cnccc4c3Nc3ccc4c(c3)CC/C4=N\O)nc2)CC1. The molecule has 1 aromatic carbocycles. The van der Waals surface area contributed by atoms with Gasteiger partial charge in [0.15, 0.2) is 17.2 Å². The zero-order chi connectivity index (χ0) is 23.8. The van der Waals surface area contributed by atoms with Crippen molar-refractivity contribution in [3.05, 3.63) is 65.7 Å². The summed E-state index contributed by atoms with van der Waals surface area (Å²) in [6, 6.07) is 8.00. The number of benzene rings is 1. The smallest absolute Gasteiger partial charge is 0.197 e. The van der Waals surface area contributed by atoms with E-state index in [2.05, 4.69) is 48.3 Å². The number of piperazine rings is 1. The molecule has 2 N–H and O–H groups in total. The van der Waals surface area contributed by atoms with Crippen molar-refractivity contribution in [2.24, 2.45) is 5.16 Å². The summed E-state index contributed by atoms with van der Waals surface area (Å²) in [5.41, 5.74) is 6.38. The number of aryl methyl sites for hydroxylation is 1. The lowest BCUT2D eigenvalue weighted by atomic mass is 10.1. The third-order valence-electron chi connectivity index (χ3n) is 6.84. The van der Waals surface area contributed by atoms with Gasteiger partial charge in [0.25, 0.3) is 0 Å². The molecular formula is C26H27N7O2. The highest BCUT2D eigenvalue weighted by Gasteiger charge is 2.22.